The topological polar surface area (TPSA) is 50.8 Å². The van der Waals surface area contributed by atoms with E-state index < -0.39 is 0 Å². The van der Waals surface area contributed by atoms with E-state index >= 15 is 0 Å². The summed E-state index contributed by atoms with van der Waals surface area (Å²) in [5.74, 6) is 0.543. The van der Waals surface area contributed by atoms with Gasteiger partial charge in [-0.25, -0.2) is 4.79 Å². The minimum absolute atomic E-state index is 0.000699. The highest BCUT2D eigenvalue weighted by atomic mass is 16.6. The van der Waals surface area contributed by atoms with E-state index in [0.717, 1.165) is 45.3 Å². The lowest BCUT2D eigenvalue weighted by atomic mass is 9.74. The Hall–Kier alpha value is -2.37. The molecule has 0 radical (unpaired) electrons. The number of benzene rings is 2. The monoisotopic (exact) mass is 432 g/mol. The summed E-state index contributed by atoms with van der Waals surface area (Å²) >= 11 is 0. The lowest BCUT2D eigenvalue weighted by molar-refractivity contribution is 0.0000600. The molecule has 2 heterocycles. The van der Waals surface area contributed by atoms with E-state index in [1.54, 1.807) is 0 Å². The first-order valence-corrected chi connectivity index (χ1v) is 12.2. The SMILES string of the molecule is O=C(NC1CCN(CC23CC(c4ccccc42)c2ccccc23)CC1)OC1CCOCC1. The summed E-state index contributed by atoms with van der Waals surface area (Å²) in [5, 5.41) is 3.11. The largest absolute Gasteiger partial charge is 0.446 e. The second-order valence-electron chi connectivity index (χ2n) is 9.93. The molecule has 0 saturated carbocycles. The fourth-order valence-corrected chi connectivity index (χ4v) is 6.57. The number of likely N-dealkylation sites (tertiary alicyclic amines) is 1. The molecule has 32 heavy (non-hydrogen) atoms. The van der Waals surface area contributed by atoms with Gasteiger partial charge in [-0.05, 0) is 41.5 Å². The number of carbonyl (C=O) groups excluding carboxylic acids is 1. The summed E-state index contributed by atoms with van der Waals surface area (Å²) in [7, 11) is 0. The zero-order chi connectivity index (χ0) is 21.5. The molecule has 1 N–H and O–H groups in total. The summed E-state index contributed by atoms with van der Waals surface area (Å²) in [6.07, 6.45) is 4.50. The van der Waals surface area contributed by atoms with Gasteiger partial charge in [-0.15, -0.1) is 0 Å². The van der Waals surface area contributed by atoms with E-state index in [1.807, 2.05) is 0 Å². The van der Waals surface area contributed by atoms with Crippen molar-refractivity contribution in [1.82, 2.24) is 10.2 Å². The van der Waals surface area contributed by atoms with Gasteiger partial charge in [0.15, 0.2) is 0 Å². The Labute approximate surface area is 190 Å². The maximum absolute atomic E-state index is 12.3. The Bertz CT molecular complexity index is 944. The van der Waals surface area contributed by atoms with E-state index in [4.69, 9.17) is 9.47 Å². The van der Waals surface area contributed by atoms with Crippen molar-refractivity contribution in [2.75, 3.05) is 32.8 Å². The van der Waals surface area contributed by atoms with Crippen LogP contribution in [-0.2, 0) is 14.9 Å². The molecule has 2 aliphatic carbocycles. The van der Waals surface area contributed by atoms with Crippen LogP contribution in [0.25, 0.3) is 0 Å². The molecular formula is C27H32N2O3. The third-order valence-electron chi connectivity index (χ3n) is 8.10. The van der Waals surface area contributed by atoms with Gasteiger partial charge in [-0.2, -0.15) is 0 Å². The number of hydrogen-bond acceptors (Lipinski definition) is 4. The Morgan fingerprint density at radius 3 is 2.25 bits per heavy atom. The summed E-state index contributed by atoms with van der Waals surface area (Å²) in [4.78, 5) is 14.9. The smallest absolute Gasteiger partial charge is 0.407 e. The second kappa shape index (κ2) is 8.20. The molecule has 0 atom stereocenters. The first kappa shape index (κ1) is 20.3. The van der Waals surface area contributed by atoms with E-state index in [1.165, 1.54) is 28.7 Å². The van der Waals surface area contributed by atoms with Crippen molar-refractivity contribution in [3.8, 4) is 0 Å². The average Bonchev–Trinajstić information content (AvgIpc) is 3.33. The van der Waals surface area contributed by atoms with Crippen LogP contribution in [0.1, 0.15) is 60.3 Å². The standard InChI is InChI=1S/C27H32N2O3/c30-26(32-20-11-15-31-16-12-20)28-19-9-13-29(14-10-19)18-27-17-23(21-5-1-3-7-24(21)27)22-6-2-4-8-25(22)27/h1-8,19-20,23H,9-18H2,(H,28,30). The minimum atomic E-state index is -0.258. The number of alkyl carbamates (subject to hydrolysis) is 1. The van der Waals surface area contributed by atoms with Gasteiger partial charge in [0.25, 0.3) is 0 Å². The van der Waals surface area contributed by atoms with Crippen molar-refractivity contribution in [2.45, 2.75) is 55.6 Å². The van der Waals surface area contributed by atoms with Crippen LogP contribution >= 0.6 is 0 Å². The normalized spacial score (nSPS) is 27.7. The van der Waals surface area contributed by atoms with Crippen molar-refractivity contribution in [3.05, 3.63) is 70.8 Å². The third kappa shape index (κ3) is 3.43. The van der Waals surface area contributed by atoms with Gasteiger partial charge in [0, 0.05) is 49.9 Å². The van der Waals surface area contributed by atoms with Gasteiger partial charge >= 0.3 is 6.09 Å². The Balaban J connectivity index is 1.11. The van der Waals surface area contributed by atoms with Gasteiger partial charge in [-0.1, -0.05) is 48.5 Å². The van der Waals surface area contributed by atoms with Crippen molar-refractivity contribution >= 4 is 6.09 Å². The van der Waals surface area contributed by atoms with Crippen LogP contribution in [-0.4, -0.2) is 56.0 Å². The maximum Gasteiger partial charge on any atom is 0.407 e. The number of fused-ring (bicyclic) bond motifs is 8. The summed E-state index contributed by atoms with van der Waals surface area (Å²) < 4.78 is 10.9. The fourth-order valence-electron chi connectivity index (χ4n) is 6.57. The molecule has 2 bridgehead atoms. The molecule has 0 spiro atoms. The highest BCUT2D eigenvalue weighted by Crippen LogP contribution is 2.60. The molecule has 4 aliphatic rings. The first-order valence-electron chi connectivity index (χ1n) is 12.2. The first-order chi connectivity index (χ1) is 15.7. The fraction of sp³-hybridized carbons (Fsp3) is 0.519. The number of amides is 1. The molecular weight excluding hydrogens is 400 g/mol. The summed E-state index contributed by atoms with van der Waals surface area (Å²) in [6.45, 7) is 4.46. The van der Waals surface area contributed by atoms with Crippen LogP contribution in [0.15, 0.2) is 48.5 Å². The molecule has 0 aromatic heterocycles. The van der Waals surface area contributed by atoms with Crippen molar-refractivity contribution in [3.63, 3.8) is 0 Å². The van der Waals surface area contributed by atoms with E-state index in [9.17, 15) is 4.79 Å². The van der Waals surface area contributed by atoms with Crippen LogP contribution in [0.3, 0.4) is 0 Å². The van der Waals surface area contributed by atoms with Crippen LogP contribution in [0.2, 0.25) is 0 Å². The molecule has 5 heteroatoms. The van der Waals surface area contributed by atoms with Gasteiger partial charge in [-0.3, -0.25) is 0 Å². The van der Waals surface area contributed by atoms with Gasteiger partial charge < -0.3 is 19.7 Å². The summed E-state index contributed by atoms with van der Waals surface area (Å²) in [6, 6.07) is 18.3. The summed E-state index contributed by atoms with van der Waals surface area (Å²) in [5.41, 5.74) is 6.23. The average molecular weight is 433 g/mol. The van der Waals surface area contributed by atoms with Gasteiger partial charge in [0.05, 0.1) is 13.2 Å². The van der Waals surface area contributed by atoms with E-state index in [0.29, 0.717) is 19.1 Å². The van der Waals surface area contributed by atoms with Crippen LogP contribution < -0.4 is 5.32 Å². The van der Waals surface area contributed by atoms with Crippen molar-refractivity contribution in [1.29, 1.82) is 0 Å². The molecule has 2 saturated heterocycles. The maximum atomic E-state index is 12.3. The van der Waals surface area contributed by atoms with Crippen LogP contribution in [0.5, 0.6) is 0 Å². The number of carbonyl (C=O) groups is 1. The Kier molecular flexibility index (Phi) is 5.19. The lowest BCUT2D eigenvalue weighted by Crippen LogP contribution is -2.49. The molecule has 5 nitrogen and oxygen atoms in total. The molecule has 2 fully saturated rings. The predicted molar refractivity (Wildman–Crippen MR) is 123 cm³/mol. The van der Waals surface area contributed by atoms with E-state index in [-0.39, 0.29) is 23.7 Å². The van der Waals surface area contributed by atoms with E-state index in [2.05, 4.69) is 58.7 Å². The quantitative estimate of drug-likeness (QED) is 0.787. The zero-order valence-electron chi connectivity index (χ0n) is 18.6. The molecule has 6 rings (SSSR count). The van der Waals surface area contributed by atoms with Crippen molar-refractivity contribution < 1.29 is 14.3 Å². The second-order valence-corrected chi connectivity index (χ2v) is 9.93. The number of hydrogen-bond donors (Lipinski definition) is 1. The Morgan fingerprint density at radius 1 is 0.969 bits per heavy atom. The molecule has 0 unspecified atom stereocenters. The van der Waals surface area contributed by atoms with Gasteiger partial charge in [0.1, 0.15) is 6.10 Å². The number of nitrogens with one attached hydrogen (secondary N) is 1. The molecule has 2 aromatic carbocycles. The van der Waals surface area contributed by atoms with Crippen LogP contribution in [0, 0.1) is 0 Å². The molecule has 2 aliphatic heterocycles. The number of nitrogens with zero attached hydrogens (tertiary/aromatic N) is 1. The minimum Gasteiger partial charge on any atom is -0.446 e. The van der Waals surface area contributed by atoms with Crippen molar-refractivity contribution in [2.24, 2.45) is 0 Å². The predicted octanol–water partition coefficient (Wildman–Crippen LogP) is 4.19. The Morgan fingerprint density at radius 2 is 1.59 bits per heavy atom. The highest BCUT2D eigenvalue weighted by Gasteiger charge is 2.53. The number of ether oxygens (including phenoxy) is 2. The molecule has 168 valence electrons. The molecule has 1 amide bonds. The highest BCUT2D eigenvalue weighted by molar-refractivity contribution is 5.68. The number of piperidine rings is 1. The zero-order valence-corrected chi connectivity index (χ0v) is 18.6. The number of rotatable bonds is 4. The van der Waals surface area contributed by atoms with Crippen LogP contribution in [0.4, 0.5) is 4.79 Å². The molecule has 2 aromatic rings. The lowest BCUT2D eigenvalue weighted by Gasteiger charge is -2.40. The van der Waals surface area contributed by atoms with Gasteiger partial charge in [0.2, 0.25) is 0 Å². The third-order valence-corrected chi connectivity index (χ3v) is 8.10.